The third-order valence-corrected chi connectivity index (χ3v) is 8.86. The molecule has 46 heavy (non-hydrogen) atoms. The molecule has 0 aliphatic carbocycles. The molecule has 4 nitrogen and oxygen atoms in total. The second-order valence-electron chi connectivity index (χ2n) is 13.5. The molecule has 0 bridgehead atoms. The van der Waals surface area contributed by atoms with Crippen molar-refractivity contribution in [1.29, 1.82) is 0 Å². The molecule has 0 aliphatic rings. The molecule has 0 aliphatic heterocycles. The Morgan fingerprint density at radius 1 is 0.522 bits per heavy atom. The zero-order valence-electron chi connectivity index (χ0n) is 30.6. The second-order valence-corrected chi connectivity index (χ2v) is 13.5. The summed E-state index contributed by atoms with van der Waals surface area (Å²) < 4.78 is 5.59. The molecule has 0 amide bonds. The molecule has 0 saturated heterocycles. The normalized spacial score (nSPS) is 12.6. The van der Waals surface area contributed by atoms with Crippen LogP contribution >= 0.6 is 0 Å². The highest BCUT2D eigenvalue weighted by Gasteiger charge is 2.17. The summed E-state index contributed by atoms with van der Waals surface area (Å²) in [6, 6.07) is 0. The average molecular weight is 645 g/mol. The van der Waals surface area contributed by atoms with Crippen LogP contribution in [0.2, 0.25) is 0 Å². The van der Waals surface area contributed by atoms with Crippen LogP contribution in [0.4, 0.5) is 0 Å². The van der Waals surface area contributed by atoms with E-state index in [0.717, 1.165) is 51.4 Å². The highest BCUT2D eigenvalue weighted by atomic mass is 16.5. The number of carbonyl (C=O) groups excluding carboxylic acids is 1. The fourth-order valence-corrected chi connectivity index (χ4v) is 5.98. The molecular formula is C42H76O4. The lowest BCUT2D eigenvalue weighted by atomic mass is 10.0. The lowest BCUT2D eigenvalue weighted by Gasteiger charge is -2.16. The van der Waals surface area contributed by atoms with Crippen LogP contribution < -0.4 is 0 Å². The van der Waals surface area contributed by atoms with Crippen LogP contribution in [0.1, 0.15) is 213 Å². The first-order valence-electron chi connectivity index (χ1n) is 20.0. The van der Waals surface area contributed by atoms with Crippen LogP contribution in [0.15, 0.2) is 36.5 Å². The highest BCUT2D eigenvalue weighted by Crippen LogP contribution is 2.17. The molecule has 268 valence electrons. The van der Waals surface area contributed by atoms with Crippen molar-refractivity contribution in [3.63, 3.8) is 0 Å². The fourth-order valence-electron chi connectivity index (χ4n) is 5.98. The molecule has 0 aromatic carbocycles. The van der Waals surface area contributed by atoms with E-state index in [4.69, 9.17) is 4.74 Å². The predicted molar refractivity (Wildman–Crippen MR) is 199 cm³/mol. The van der Waals surface area contributed by atoms with Gasteiger partial charge in [-0.1, -0.05) is 185 Å². The molecular weight excluding hydrogens is 568 g/mol. The third kappa shape index (κ3) is 36.6. The zero-order valence-corrected chi connectivity index (χ0v) is 30.6. The van der Waals surface area contributed by atoms with E-state index >= 15 is 0 Å². The van der Waals surface area contributed by atoms with Crippen LogP contribution in [0, 0.1) is 0 Å². The fraction of sp³-hybridized carbons (Fsp3) is 0.810. The number of hydrogen-bond acceptors (Lipinski definition) is 3. The number of ether oxygens (including phenoxy) is 1. The van der Waals surface area contributed by atoms with E-state index in [1.165, 1.54) is 128 Å². The molecule has 0 aromatic rings. The Hall–Kier alpha value is -1.84. The van der Waals surface area contributed by atoms with Crippen molar-refractivity contribution in [2.45, 2.75) is 219 Å². The van der Waals surface area contributed by atoms with E-state index in [0.29, 0.717) is 12.8 Å². The van der Waals surface area contributed by atoms with Gasteiger partial charge in [0.05, 0.1) is 6.42 Å². The van der Waals surface area contributed by atoms with Gasteiger partial charge in [-0.2, -0.15) is 0 Å². The summed E-state index contributed by atoms with van der Waals surface area (Å²) >= 11 is 0. The Morgan fingerprint density at radius 2 is 0.935 bits per heavy atom. The second kappa shape index (κ2) is 37.6. The molecule has 0 radical (unpaired) electrons. The maximum absolute atomic E-state index is 12.4. The number of rotatable bonds is 36. The topological polar surface area (TPSA) is 63.6 Å². The van der Waals surface area contributed by atoms with Crippen LogP contribution in [0.5, 0.6) is 0 Å². The van der Waals surface area contributed by atoms with Crippen LogP contribution in [-0.2, 0) is 14.3 Å². The molecule has 1 atom stereocenters. The van der Waals surface area contributed by atoms with Gasteiger partial charge in [0, 0.05) is 6.42 Å². The molecule has 1 N–H and O–H groups in total. The zero-order chi connectivity index (χ0) is 33.6. The first-order valence-corrected chi connectivity index (χ1v) is 20.0. The van der Waals surface area contributed by atoms with Crippen molar-refractivity contribution in [2.75, 3.05) is 0 Å². The molecule has 0 fully saturated rings. The Morgan fingerprint density at radius 3 is 1.41 bits per heavy atom. The first kappa shape index (κ1) is 44.2. The highest BCUT2D eigenvalue weighted by molar-refractivity contribution is 5.71. The van der Waals surface area contributed by atoms with Gasteiger partial charge in [0.25, 0.3) is 0 Å². The van der Waals surface area contributed by atoms with Gasteiger partial charge in [-0.15, -0.1) is 0 Å². The number of carboxylic acids is 1. The van der Waals surface area contributed by atoms with E-state index in [9.17, 15) is 14.7 Å². The van der Waals surface area contributed by atoms with Crippen molar-refractivity contribution in [2.24, 2.45) is 0 Å². The summed E-state index contributed by atoms with van der Waals surface area (Å²) in [5, 5.41) is 9.27. The summed E-state index contributed by atoms with van der Waals surface area (Å²) in [7, 11) is 0. The number of unbranched alkanes of at least 4 members (excludes halogenated alkanes) is 23. The first-order chi connectivity index (χ1) is 22.6. The Bertz CT molecular complexity index is 738. The number of hydrogen-bond donors (Lipinski definition) is 1. The summed E-state index contributed by atoms with van der Waals surface area (Å²) in [6.07, 6.45) is 48.8. The smallest absolute Gasteiger partial charge is 0.307 e. The van der Waals surface area contributed by atoms with E-state index in [1.807, 2.05) is 0 Å². The van der Waals surface area contributed by atoms with Gasteiger partial charge in [-0.25, -0.2) is 0 Å². The molecule has 0 aromatic heterocycles. The van der Waals surface area contributed by atoms with Gasteiger partial charge < -0.3 is 9.84 Å². The Balaban J connectivity index is 3.63. The van der Waals surface area contributed by atoms with Gasteiger partial charge in [-0.3, -0.25) is 9.59 Å². The summed E-state index contributed by atoms with van der Waals surface area (Å²) in [6.45, 7) is 4.44. The lowest BCUT2D eigenvalue weighted by molar-refractivity contribution is -0.153. The predicted octanol–water partition coefficient (Wildman–Crippen LogP) is 13.8. The van der Waals surface area contributed by atoms with Crippen molar-refractivity contribution in [3.8, 4) is 0 Å². The largest absolute Gasteiger partial charge is 0.481 e. The van der Waals surface area contributed by atoms with Gasteiger partial charge >= 0.3 is 11.9 Å². The summed E-state index contributed by atoms with van der Waals surface area (Å²) in [5.74, 6) is -1.10. The Labute approximate surface area is 286 Å². The standard InChI is InChI=1S/C42H76O4/c1-3-5-7-9-11-13-15-17-19-20-21-22-24-26-28-30-32-34-36-38-42(45)46-40(39-41(43)44)37-35-33-31-29-27-25-23-18-16-14-12-10-8-6-4-2/h5,7,11,13,17,19,40H,3-4,6,8-10,12,14-16,18,20-39H2,1-2H3,(H,43,44)/b7-5-,13-11-,19-17-. The molecule has 1 unspecified atom stereocenters. The average Bonchev–Trinajstić information content (AvgIpc) is 3.03. The van der Waals surface area contributed by atoms with Crippen LogP contribution in [0.3, 0.4) is 0 Å². The molecule has 0 rings (SSSR count). The molecule has 0 saturated carbocycles. The molecule has 4 heteroatoms. The number of allylic oxidation sites excluding steroid dienone is 6. The Kier molecular flexibility index (Phi) is 36.1. The van der Waals surface area contributed by atoms with Gasteiger partial charge in [0.15, 0.2) is 0 Å². The van der Waals surface area contributed by atoms with Crippen LogP contribution in [0.25, 0.3) is 0 Å². The van der Waals surface area contributed by atoms with E-state index in [-0.39, 0.29) is 12.4 Å². The maximum atomic E-state index is 12.4. The maximum Gasteiger partial charge on any atom is 0.307 e. The number of carbonyl (C=O) groups is 2. The van der Waals surface area contributed by atoms with Crippen molar-refractivity contribution < 1.29 is 19.4 Å². The minimum absolute atomic E-state index is 0.0742. The molecule has 0 spiro atoms. The number of carboxylic acid groups (broad SMARTS) is 1. The van der Waals surface area contributed by atoms with E-state index in [2.05, 4.69) is 50.3 Å². The monoisotopic (exact) mass is 645 g/mol. The van der Waals surface area contributed by atoms with Crippen LogP contribution in [-0.4, -0.2) is 23.1 Å². The third-order valence-electron chi connectivity index (χ3n) is 8.86. The van der Waals surface area contributed by atoms with Crippen molar-refractivity contribution >= 4 is 11.9 Å². The lowest BCUT2D eigenvalue weighted by Crippen LogP contribution is -2.21. The number of esters is 1. The van der Waals surface area contributed by atoms with E-state index in [1.54, 1.807) is 0 Å². The van der Waals surface area contributed by atoms with Crippen molar-refractivity contribution in [1.82, 2.24) is 0 Å². The molecule has 0 heterocycles. The minimum atomic E-state index is -0.880. The van der Waals surface area contributed by atoms with Crippen molar-refractivity contribution in [3.05, 3.63) is 36.5 Å². The van der Waals surface area contributed by atoms with Gasteiger partial charge in [-0.05, 0) is 51.4 Å². The van der Waals surface area contributed by atoms with Gasteiger partial charge in [0.2, 0.25) is 0 Å². The summed E-state index contributed by atoms with van der Waals surface area (Å²) in [5.41, 5.74) is 0. The number of aliphatic carboxylic acids is 1. The van der Waals surface area contributed by atoms with Gasteiger partial charge in [0.1, 0.15) is 6.10 Å². The SMILES string of the molecule is CC/C=C\C/C=C\C/C=C\CCCCCCCCCCCC(=O)OC(CCCCCCCCCCCCCCCCC)CC(=O)O. The summed E-state index contributed by atoms with van der Waals surface area (Å²) in [4.78, 5) is 23.6. The minimum Gasteiger partial charge on any atom is -0.481 e. The quantitative estimate of drug-likeness (QED) is 0.0419. The van der Waals surface area contributed by atoms with E-state index < -0.39 is 12.1 Å².